The van der Waals surface area contributed by atoms with Crippen LogP contribution in [0.3, 0.4) is 0 Å². The van der Waals surface area contributed by atoms with Crippen molar-refractivity contribution in [2.45, 2.75) is 32.6 Å². The number of ketones is 1. The average molecular weight is 204 g/mol. The molecule has 0 heterocycles. The molecule has 1 aromatic carbocycles. The molecule has 0 amide bonds. The highest BCUT2D eigenvalue weighted by Crippen LogP contribution is 2.35. The van der Waals surface area contributed by atoms with Gasteiger partial charge >= 0.3 is 0 Å². The van der Waals surface area contributed by atoms with Crippen LogP contribution >= 0.6 is 0 Å². The topological polar surface area (TPSA) is 37.3 Å². The van der Waals surface area contributed by atoms with Gasteiger partial charge in [-0.15, -0.1) is 0 Å². The molecule has 2 heteroatoms. The number of aromatic hydroxyl groups is 1. The van der Waals surface area contributed by atoms with Crippen LogP contribution in [-0.2, 0) is 6.42 Å². The molecule has 0 atom stereocenters. The second kappa shape index (κ2) is 4.05. The molecule has 80 valence electrons. The third kappa shape index (κ3) is 2.20. The molecule has 0 spiro atoms. The lowest BCUT2D eigenvalue weighted by molar-refractivity contribution is 0.0965. The minimum Gasteiger partial charge on any atom is -0.507 e. The second-order valence-corrected chi connectivity index (χ2v) is 4.24. The van der Waals surface area contributed by atoms with E-state index in [0.717, 1.165) is 31.2 Å². The van der Waals surface area contributed by atoms with E-state index in [1.54, 1.807) is 6.07 Å². The van der Waals surface area contributed by atoms with E-state index in [2.05, 4.69) is 6.92 Å². The van der Waals surface area contributed by atoms with Crippen LogP contribution in [0.25, 0.3) is 0 Å². The SMILES string of the molecule is CCCc1ccc(O)c(C(=O)C2CC2)c1. The summed E-state index contributed by atoms with van der Waals surface area (Å²) in [4.78, 5) is 11.8. The molecule has 1 saturated carbocycles. The summed E-state index contributed by atoms with van der Waals surface area (Å²) in [5.74, 6) is 0.421. The molecule has 0 saturated heterocycles. The van der Waals surface area contributed by atoms with Crippen molar-refractivity contribution in [2.75, 3.05) is 0 Å². The number of Topliss-reactive ketones (excluding diaryl/α,β-unsaturated/α-hetero) is 1. The van der Waals surface area contributed by atoms with Gasteiger partial charge in [-0.25, -0.2) is 0 Å². The standard InChI is InChI=1S/C13H16O2/c1-2-3-9-4-7-12(14)11(8-9)13(15)10-5-6-10/h4,7-8,10,14H,2-3,5-6H2,1H3. The molecule has 1 aliphatic rings. The van der Waals surface area contributed by atoms with Crippen LogP contribution in [0.5, 0.6) is 5.75 Å². The average Bonchev–Trinajstić information content (AvgIpc) is 3.04. The highest BCUT2D eigenvalue weighted by atomic mass is 16.3. The van der Waals surface area contributed by atoms with E-state index in [-0.39, 0.29) is 17.5 Å². The van der Waals surface area contributed by atoms with Gasteiger partial charge in [-0.05, 0) is 37.0 Å². The monoisotopic (exact) mass is 204 g/mol. The Labute approximate surface area is 89.9 Å². The van der Waals surface area contributed by atoms with Crippen LogP contribution in [0, 0.1) is 5.92 Å². The molecule has 0 radical (unpaired) electrons. The predicted molar refractivity (Wildman–Crippen MR) is 59.2 cm³/mol. The Hall–Kier alpha value is -1.31. The first-order valence-corrected chi connectivity index (χ1v) is 5.58. The van der Waals surface area contributed by atoms with E-state index < -0.39 is 0 Å². The number of carbonyl (C=O) groups excluding carboxylic acids is 1. The summed E-state index contributed by atoms with van der Waals surface area (Å²) >= 11 is 0. The van der Waals surface area contributed by atoms with Gasteiger partial charge in [0.2, 0.25) is 0 Å². The summed E-state index contributed by atoms with van der Waals surface area (Å²) in [6, 6.07) is 5.38. The van der Waals surface area contributed by atoms with Gasteiger partial charge in [-0.3, -0.25) is 4.79 Å². The second-order valence-electron chi connectivity index (χ2n) is 4.24. The zero-order valence-electron chi connectivity index (χ0n) is 8.99. The number of carbonyl (C=O) groups is 1. The largest absolute Gasteiger partial charge is 0.507 e. The fourth-order valence-electron chi connectivity index (χ4n) is 1.79. The lowest BCUT2D eigenvalue weighted by Crippen LogP contribution is -2.02. The minimum atomic E-state index is 0.116. The quantitative estimate of drug-likeness (QED) is 0.765. The molecule has 1 fully saturated rings. The molecule has 0 aromatic heterocycles. The number of rotatable bonds is 4. The summed E-state index contributed by atoms with van der Waals surface area (Å²) in [6.07, 6.45) is 3.99. The first-order chi connectivity index (χ1) is 7.22. The van der Waals surface area contributed by atoms with Crippen molar-refractivity contribution < 1.29 is 9.90 Å². The molecule has 0 aliphatic heterocycles. The molecule has 1 aliphatic carbocycles. The van der Waals surface area contributed by atoms with Gasteiger partial charge < -0.3 is 5.11 Å². The van der Waals surface area contributed by atoms with Crippen LogP contribution in [0.15, 0.2) is 18.2 Å². The molecule has 1 N–H and O–H groups in total. The van der Waals surface area contributed by atoms with Crippen molar-refractivity contribution in [1.82, 2.24) is 0 Å². The lowest BCUT2D eigenvalue weighted by atomic mass is 10.0. The first kappa shape index (κ1) is 10.2. The molecular weight excluding hydrogens is 188 g/mol. The van der Waals surface area contributed by atoms with Gasteiger partial charge in [0.05, 0.1) is 5.56 Å². The molecule has 2 rings (SSSR count). The number of phenols is 1. The van der Waals surface area contributed by atoms with Crippen LogP contribution in [0.2, 0.25) is 0 Å². The Balaban J connectivity index is 2.27. The van der Waals surface area contributed by atoms with E-state index in [4.69, 9.17) is 0 Å². The van der Waals surface area contributed by atoms with Crippen molar-refractivity contribution in [3.8, 4) is 5.75 Å². The maximum atomic E-state index is 11.8. The Morgan fingerprint density at radius 2 is 2.20 bits per heavy atom. The van der Waals surface area contributed by atoms with Gasteiger partial charge in [0.25, 0.3) is 0 Å². The van der Waals surface area contributed by atoms with Gasteiger partial charge in [0.1, 0.15) is 5.75 Å². The predicted octanol–water partition coefficient (Wildman–Crippen LogP) is 2.94. The highest BCUT2D eigenvalue weighted by molar-refractivity contribution is 6.01. The zero-order valence-corrected chi connectivity index (χ0v) is 8.99. The summed E-state index contributed by atoms with van der Waals surface area (Å²) in [6.45, 7) is 2.11. The van der Waals surface area contributed by atoms with Gasteiger partial charge in [0, 0.05) is 5.92 Å². The first-order valence-electron chi connectivity index (χ1n) is 5.58. The summed E-state index contributed by atoms with van der Waals surface area (Å²) < 4.78 is 0. The van der Waals surface area contributed by atoms with Crippen LogP contribution in [-0.4, -0.2) is 10.9 Å². The fourth-order valence-corrected chi connectivity index (χ4v) is 1.79. The van der Waals surface area contributed by atoms with Crippen LogP contribution in [0.4, 0.5) is 0 Å². The normalized spacial score (nSPS) is 15.3. The third-order valence-corrected chi connectivity index (χ3v) is 2.81. The molecular formula is C13H16O2. The number of hydrogen-bond acceptors (Lipinski definition) is 2. The number of aryl methyl sites for hydroxylation is 1. The van der Waals surface area contributed by atoms with Gasteiger partial charge in [-0.1, -0.05) is 19.4 Å². The minimum absolute atomic E-state index is 0.116. The third-order valence-electron chi connectivity index (χ3n) is 2.81. The Morgan fingerprint density at radius 3 is 2.80 bits per heavy atom. The van der Waals surface area contributed by atoms with E-state index in [1.165, 1.54) is 0 Å². The molecule has 1 aromatic rings. The Bertz CT molecular complexity index is 378. The molecule has 2 nitrogen and oxygen atoms in total. The molecule has 0 unspecified atom stereocenters. The van der Waals surface area contributed by atoms with E-state index in [9.17, 15) is 9.90 Å². The van der Waals surface area contributed by atoms with Crippen molar-refractivity contribution in [2.24, 2.45) is 5.92 Å². The van der Waals surface area contributed by atoms with Crippen molar-refractivity contribution in [1.29, 1.82) is 0 Å². The number of benzene rings is 1. The summed E-state index contributed by atoms with van der Waals surface area (Å²) in [7, 11) is 0. The van der Waals surface area contributed by atoms with Crippen molar-refractivity contribution in [3.05, 3.63) is 29.3 Å². The highest BCUT2D eigenvalue weighted by Gasteiger charge is 2.31. The van der Waals surface area contributed by atoms with Crippen LogP contribution < -0.4 is 0 Å². The Kier molecular flexibility index (Phi) is 2.76. The van der Waals surface area contributed by atoms with E-state index >= 15 is 0 Å². The summed E-state index contributed by atoms with van der Waals surface area (Å²) in [5, 5.41) is 9.63. The van der Waals surface area contributed by atoms with Crippen molar-refractivity contribution >= 4 is 5.78 Å². The Morgan fingerprint density at radius 1 is 1.47 bits per heavy atom. The van der Waals surface area contributed by atoms with Gasteiger partial charge in [-0.2, -0.15) is 0 Å². The number of hydrogen-bond donors (Lipinski definition) is 1. The maximum absolute atomic E-state index is 11.8. The lowest BCUT2D eigenvalue weighted by Gasteiger charge is -2.05. The van der Waals surface area contributed by atoms with Gasteiger partial charge in [0.15, 0.2) is 5.78 Å². The van der Waals surface area contributed by atoms with E-state index in [1.807, 2.05) is 12.1 Å². The zero-order chi connectivity index (χ0) is 10.8. The summed E-state index contributed by atoms with van der Waals surface area (Å²) in [5.41, 5.74) is 1.66. The van der Waals surface area contributed by atoms with Crippen molar-refractivity contribution in [3.63, 3.8) is 0 Å². The maximum Gasteiger partial charge on any atom is 0.169 e. The molecule has 0 bridgehead atoms. The number of phenolic OH excluding ortho intramolecular Hbond substituents is 1. The molecule has 15 heavy (non-hydrogen) atoms. The smallest absolute Gasteiger partial charge is 0.169 e. The van der Waals surface area contributed by atoms with E-state index in [0.29, 0.717) is 5.56 Å². The fraction of sp³-hybridized carbons (Fsp3) is 0.462. The van der Waals surface area contributed by atoms with Crippen LogP contribution in [0.1, 0.15) is 42.1 Å².